The molecule has 0 radical (unpaired) electrons. The molecule has 1 unspecified atom stereocenters. The van der Waals surface area contributed by atoms with E-state index < -0.39 is 5.82 Å². The van der Waals surface area contributed by atoms with Crippen LogP contribution in [0.2, 0.25) is 5.02 Å². The first kappa shape index (κ1) is 11.0. The summed E-state index contributed by atoms with van der Waals surface area (Å²) in [6, 6.07) is 4.67. The van der Waals surface area contributed by atoms with Crippen LogP contribution in [0.4, 0.5) is 4.39 Å². The molecule has 1 aromatic carbocycles. The van der Waals surface area contributed by atoms with Gasteiger partial charge in [-0.3, -0.25) is 5.32 Å². The van der Waals surface area contributed by atoms with Crippen molar-refractivity contribution >= 4 is 11.6 Å². The maximum absolute atomic E-state index is 13.0. The molecule has 74 valence electrons. The molecule has 1 atom stereocenters. The fourth-order valence-electron chi connectivity index (χ4n) is 1.01. The van der Waals surface area contributed by atoms with Crippen LogP contribution in [0.1, 0.15) is 12.5 Å². The molecule has 14 heavy (non-hydrogen) atoms. The van der Waals surface area contributed by atoms with Gasteiger partial charge in [0.25, 0.3) is 0 Å². The smallest absolute Gasteiger partial charge is 0.142 e. The number of hydrogen-bond donors (Lipinski definition) is 1. The van der Waals surface area contributed by atoms with Crippen molar-refractivity contribution < 1.29 is 4.39 Å². The SMILES string of the molecule is C#CC(C)NCc1cccc(F)c1Cl. The van der Waals surface area contributed by atoms with Crippen molar-refractivity contribution in [2.45, 2.75) is 19.5 Å². The molecule has 0 fully saturated rings. The predicted octanol–water partition coefficient (Wildman–Crippen LogP) is 2.59. The number of terminal acetylenes is 1. The summed E-state index contributed by atoms with van der Waals surface area (Å²) in [5, 5.41) is 3.19. The van der Waals surface area contributed by atoms with Crippen molar-refractivity contribution in [3.8, 4) is 12.3 Å². The molecular formula is C11H11ClFN. The minimum Gasteiger partial charge on any atom is -0.300 e. The van der Waals surface area contributed by atoms with Gasteiger partial charge in [0.15, 0.2) is 0 Å². The lowest BCUT2D eigenvalue weighted by molar-refractivity contribution is 0.614. The second-order valence-corrected chi connectivity index (χ2v) is 3.36. The molecular weight excluding hydrogens is 201 g/mol. The Kier molecular flexibility index (Phi) is 3.94. The van der Waals surface area contributed by atoms with Crippen LogP contribution in [-0.2, 0) is 6.54 Å². The zero-order valence-electron chi connectivity index (χ0n) is 7.85. The lowest BCUT2D eigenvalue weighted by Crippen LogP contribution is -2.23. The normalized spacial score (nSPS) is 12.1. The largest absolute Gasteiger partial charge is 0.300 e. The van der Waals surface area contributed by atoms with Crippen molar-refractivity contribution in [1.29, 1.82) is 0 Å². The molecule has 0 aromatic heterocycles. The Labute approximate surface area is 88.3 Å². The van der Waals surface area contributed by atoms with Gasteiger partial charge in [-0.05, 0) is 18.6 Å². The lowest BCUT2D eigenvalue weighted by Gasteiger charge is -2.08. The van der Waals surface area contributed by atoms with E-state index in [-0.39, 0.29) is 11.1 Å². The molecule has 0 heterocycles. The molecule has 0 aliphatic heterocycles. The second-order valence-electron chi connectivity index (χ2n) is 2.98. The number of nitrogens with one attached hydrogen (secondary N) is 1. The van der Waals surface area contributed by atoms with E-state index in [1.165, 1.54) is 6.07 Å². The van der Waals surface area contributed by atoms with E-state index in [9.17, 15) is 4.39 Å². The summed E-state index contributed by atoms with van der Waals surface area (Å²) in [5.74, 6) is 2.12. The van der Waals surface area contributed by atoms with Crippen LogP contribution in [0.25, 0.3) is 0 Å². The first-order valence-corrected chi connectivity index (χ1v) is 4.65. The summed E-state index contributed by atoms with van der Waals surface area (Å²) in [7, 11) is 0. The molecule has 0 amide bonds. The minimum absolute atomic E-state index is 0.0469. The summed E-state index contributed by atoms with van der Waals surface area (Å²) < 4.78 is 13.0. The molecule has 0 aliphatic rings. The van der Waals surface area contributed by atoms with E-state index in [1.807, 2.05) is 6.92 Å². The zero-order valence-corrected chi connectivity index (χ0v) is 8.61. The van der Waals surface area contributed by atoms with E-state index in [1.54, 1.807) is 12.1 Å². The fourth-order valence-corrected chi connectivity index (χ4v) is 1.20. The highest BCUT2D eigenvalue weighted by Crippen LogP contribution is 2.19. The Hall–Kier alpha value is -1.04. The van der Waals surface area contributed by atoms with Crippen LogP contribution in [0.3, 0.4) is 0 Å². The van der Waals surface area contributed by atoms with Crippen LogP contribution in [0.5, 0.6) is 0 Å². The Morgan fingerprint density at radius 3 is 3.00 bits per heavy atom. The third kappa shape index (κ3) is 2.73. The summed E-state index contributed by atoms with van der Waals surface area (Å²) in [4.78, 5) is 0. The maximum Gasteiger partial charge on any atom is 0.142 e. The van der Waals surface area contributed by atoms with Crippen LogP contribution < -0.4 is 5.32 Å². The highest BCUT2D eigenvalue weighted by Gasteiger charge is 2.05. The number of benzene rings is 1. The predicted molar refractivity (Wildman–Crippen MR) is 56.5 cm³/mol. The molecule has 3 heteroatoms. The van der Waals surface area contributed by atoms with E-state index in [0.29, 0.717) is 12.1 Å². The van der Waals surface area contributed by atoms with Gasteiger partial charge >= 0.3 is 0 Å². The van der Waals surface area contributed by atoms with Gasteiger partial charge in [-0.25, -0.2) is 4.39 Å². The monoisotopic (exact) mass is 211 g/mol. The molecule has 1 rings (SSSR count). The molecule has 1 N–H and O–H groups in total. The van der Waals surface area contributed by atoms with E-state index in [2.05, 4.69) is 11.2 Å². The molecule has 1 nitrogen and oxygen atoms in total. The van der Waals surface area contributed by atoms with Gasteiger partial charge in [0.2, 0.25) is 0 Å². The fraction of sp³-hybridized carbons (Fsp3) is 0.273. The van der Waals surface area contributed by atoms with E-state index in [4.69, 9.17) is 18.0 Å². The summed E-state index contributed by atoms with van der Waals surface area (Å²) >= 11 is 5.75. The summed E-state index contributed by atoms with van der Waals surface area (Å²) in [6.45, 7) is 2.33. The van der Waals surface area contributed by atoms with Crippen LogP contribution in [0, 0.1) is 18.2 Å². The van der Waals surface area contributed by atoms with Crippen molar-refractivity contribution in [3.63, 3.8) is 0 Å². The Morgan fingerprint density at radius 2 is 2.36 bits per heavy atom. The Balaban J connectivity index is 2.69. The third-order valence-electron chi connectivity index (χ3n) is 1.88. The average Bonchev–Trinajstić information content (AvgIpc) is 2.20. The van der Waals surface area contributed by atoms with E-state index >= 15 is 0 Å². The molecule has 0 bridgehead atoms. The molecule has 0 spiro atoms. The summed E-state index contributed by atoms with van der Waals surface area (Å²) in [5.41, 5.74) is 0.716. The van der Waals surface area contributed by atoms with Crippen molar-refractivity contribution in [2.75, 3.05) is 0 Å². The second kappa shape index (κ2) is 4.99. The number of hydrogen-bond acceptors (Lipinski definition) is 1. The van der Waals surface area contributed by atoms with Gasteiger partial charge in [-0.2, -0.15) is 0 Å². The van der Waals surface area contributed by atoms with Gasteiger partial charge < -0.3 is 0 Å². The Bertz CT molecular complexity index is 357. The average molecular weight is 212 g/mol. The first-order chi connectivity index (χ1) is 6.65. The van der Waals surface area contributed by atoms with E-state index in [0.717, 1.165) is 0 Å². The summed E-state index contributed by atoms with van der Waals surface area (Å²) in [6.07, 6.45) is 5.18. The topological polar surface area (TPSA) is 12.0 Å². The van der Waals surface area contributed by atoms with Gasteiger partial charge in [-0.15, -0.1) is 6.42 Å². The molecule has 0 saturated carbocycles. The lowest BCUT2D eigenvalue weighted by atomic mass is 10.2. The van der Waals surface area contributed by atoms with Crippen molar-refractivity contribution in [2.24, 2.45) is 0 Å². The number of halogens is 2. The van der Waals surface area contributed by atoms with Gasteiger partial charge in [-0.1, -0.05) is 29.7 Å². The maximum atomic E-state index is 13.0. The van der Waals surface area contributed by atoms with Crippen molar-refractivity contribution in [1.82, 2.24) is 5.32 Å². The molecule has 0 aliphatic carbocycles. The highest BCUT2D eigenvalue weighted by molar-refractivity contribution is 6.31. The zero-order chi connectivity index (χ0) is 10.6. The number of rotatable bonds is 3. The van der Waals surface area contributed by atoms with Gasteiger partial charge in [0, 0.05) is 6.54 Å². The first-order valence-electron chi connectivity index (χ1n) is 4.27. The Morgan fingerprint density at radius 1 is 1.64 bits per heavy atom. The minimum atomic E-state index is -0.403. The third-order valence-corrected chi connectivity index (χ3v) is 2.30. The molecule has 1 aromatic rings. The quantitative estimate of drug-likeness (QED) is 0.758. The van der Waals surface area contributed by atoms with Gasteiger partial charge in [0.05, 0.1) is 11.1 Å². The van der Waals surface area contributed by atoms with Crippen LogP contribution in [0.15, 0.2) is 18.2 Å². The highest BCUT2D eigenvalue weighted by atomic mass is 35.5. The standard InChI is InChI=1S/C11H11ClFN/c1-3-8(2)14-7-9-5-4-6-10(13)11(9)12/h1,4-6,8,14H,7H2,2H3. The van der Waals surface area contributed by atoms with Gasteiger partial charge in [0.1, 0.15) is 5.82 Å². The molecule has 0 saturated heterocycles. The van der Waals surface area contributed by atoms with Crippen LogP contribution in [-0.4, -0.2) is 6.04 Å². The van der Waals surface area contributed by atoms with Crippen molar-refractivity contribution in [3.05, 3.63) is 34.6 Å². The van der Waals surface area contributed by atoms with Crippen LogP contribution >= 0.6 is 11.6 Å².